The van der Waals surface area contributed by atoms with Crippen molar-refractivity contribution in [1.29, 1.82) is 0 Å². The van der Waals surface area contributed by atoms with Gasteiger partial charge in [-0.05, 0) is 38.3 Å². The smallest absolute Gasteiger partial charge is 0.253 e. The van der Waals surface area contributed by atoms with Gasteiger partial charge in [-0.2, -0.15) is 4.37 Å². The van der Waals surface area contributed by atoms with Gasteiger partial charge in [-0.1, -0.05) is 0 Å². The molecule has 19 heavy (non-hydrogen) atoms. The number of H-pyrrole nitrogens is 1. The molecule has 2 aromatic heterocycles. The van der Waals surface area contributed by atoms with Gasteiger partial charge in [0.1, 0.15) is 5.82 Å². The largest absolute Gasteiger partial charge is 0.356 e. The number of anilines is 1. The summed E-state index contributed by atoms with van der Waals surface area (Å²) in [6, 6.07) is 1.98. The lowest BCUT2D eigenvalue weighted by atomic mass is 10.1. The predicted molar refractivity (Wildman–Crippen MR) is 75.7 cm³/mol. The van der Waals surface area contributed by atoms with E-state index < -0.39 is 0 Å². The molecule has 1 saturated carbocycles. The number of hydrogen-bond acceptors (Lipinski definition) is 5. The summed E-state index contributed by atoms with van der Waals surface area (Å²) in [5, 5.41) is 3.98. The van der Waals surface area contributed by atoms with E-state index in [0.29, 0.717) is 12.5 Å². The van der Waals surface area contributed by atoms with Crippen LogP contribution in [0.15, 0.2) is 10.9 Å². The van der Waals surface area contributed by atoms with Gasteiger partial charge in [0, 0.05) is 35.3 Å². The topological polar surface area (TPSA) is 70.7 Å². The SMILES string of the molecule is Cc1cc(C)c(CNc2nc(C3CC3)ns2)c(=O)[nH]1. The van der Waals surface area contributed by atoms with Gasteiger partial charge in [0.15, 0.2) is 0 Å². The Morgan fingerprint density at radius 1 is 1.47 bits per heavy atom. The van der Waals surface area contributed by atoms with Crippen molar-refractivity contribution < 1.29 is 0 Å². The second kappa shape index (κ2) is 4.77. The van der Waals surface area contributed by atoms with Crippen molar-refractivity contribution >= 4 is 16.7 Å². The minimum Gasteiger partial charge on any atom is -0.356 e. The number of aryl methyl sites for hydroxylation is 2. The summed E-state index contributed by atoms with van der Waals surface area (Å²) in [5.41, 5.74) is 2.62. The lowest BCUT2D eigenvalue weighted by molar-refractivity contribution is 0.971. The highest BCUT2D eigenvalue weighted by atomic mass is 32.1. The van der Waals surface area contributed by atoms with Crippen LogP contribution in [0, 0.1) is 13.8 Å². The summed E-state index contributed by atoms with van der Waals surface area (Å²) in [4.78, 5) is 19.1. The number of nitrogens with one attached hydrogen (secondary N) is 2. The molecule has 0 spiro atoms. The fraction of sp³-hybridized carbons (Fsp3) is 0.462. The highest BCUT2D eigenvalue weighted by Gasteiger charge is 2.27. The van der Waals surface area contributed by atoms with Crippen molar-refractivity contribution in [3.8, 4) is 0 Å². The van der Waals surface area contributed by atoms with E-state index in [0.717, 1.165) is 27.8 Å². The number of nitrogens with zero attached hydrogens (tertiary/aromatic N) is 2. The normalized spacial score (nSPS) is 14.6. The third-order valence-corrected chi connectivity index (χ3v) is 3.98. The molecule has 0 amide bonds. The molecule has 0 saturated heterocycles. The molecule has 0 aliphatic heterocycles. The fourth-order valence-electron chi connectivity index (χ4n) is 2.08. The molecular formula is C13H16N4OS. The van der Waals surface area contributed by atoms with Crippen LogP contribution in [0.5, 0.6) is 0 Å². The minimum absolute atomic E-state index is 0.0306. The summed E-state index contributed by atoms with van der Waals surface area (Å²) in [7, 11) is 0. The number of aromatic nitrogens is 3. The van der Waals surface area contributed by atoms with Crippen molar-refractivity contribution in [2.45, 2.75) is 39.2 Å². The van der Waals surface area contributed by atoms with Crippen LogP contribution in [0.3, 0.4) is 0 Å². The molecule has 1 fully saturated rings. The zero-order valence-electron chi connectivity index (χ0n) is 11.0. The Morgan fingerprint density at radius 3 is 2.95 bits per heavy atom. The molecule has 5 nitrogen and oxygen atoms in total. The molecule has 0 atom stereocenters. The molecule has 0 bridgehead atoms. The molecule has 100 valence electrons. The molecule has 1 aliphatic carbocycles. The first-order chi connectivity index (χ1) is 9.13. The van der Waals surface area contributed by atoms with Crippen LogP contribution in [-0.4, -0.2) is 14.3 Å². The lowest BCUT2D eigenvalue weighted by Gasteiger charge is -2.06. The summed E-state index contributed by atoms with van der Waals surface area (Å²) >= 11 is 1.37. The number of rotatable bonds is 4. The average molecular weight is 276 g/mol. The molecule has 2 heterocycles. The first-order valence-corrected chi connectivity index (χ1v) is 7.17. The van der Waals surface area contributed by atoms with E-state index in [1.807, 2.05) is 19.9 Å². The van der Waals surface area contributed by atoms with E-state index in [4.69, 9.17) is 0 Å². The Kier molecular flexibility index (Phi) is 3.10. The summed E-state index contributed by atoms with van der Waals surface area (Å²) in [6.45, 7) is 4.33. The maximum atomic E-state index is 11.9. The quantitative estimate of drug-likeness (QED) is 0.899. The number of pyridine rings is 1. The van der Waals surface area contributed by atoms with Gasteiger partial charge in [-0.3, -0.25) is 4.79 Å². The van der Waals surface area contributed by atoms with E-state index in [-0.39, 0.29) is 5.56 Å². The third kappa shape index (κ3) is 2.68. The predicted octanol–water partition coefficient (Wildman–Crippen LogP) is 2.33. The lowest BCUT2D eigenvalue weighted by Crippen LogP contribution is -2.18. The van der Waals surface area contributed by atoms with Gasteiger partial charge >= 0.3 is 0 Å². The zero-order chi connectivity index (χ0) is 13.4. The summed E-state index contributed by atoms with van der Waals surface area (Å²) in [6.07, 6.45) is 2.40. The van der Waals surface area contributed by atoms with Crippen molar-refractivity contribution in [2.24, 2.45) is 0 Å². The zero-order valence-corrected chi connectivity index (χ0v) is 11.8. The van der Waals surface area contributed by atoms with E-state index in [9.17, 15) is 4.79 Å². The Bertz CT molecular complexity index is 657. The monoisotopic (exact) mass is 276 g/mol. The highest BCUT2D eigenvalue weighted by Crippen LogP contribution is 2.39. The Labute approximate surface area is 115 Å². The van der Waals surface area contributed by atoms with Crippen molar-refractivity contribution in [1.82, 2.24) is 14.3 Å². The number of aromatic amines is 1. The van der Waals surface area contributed by atoms with E-state index in [2.05, 4.69) is 19.7 Å². The van der Waals surface area contributed by atoms with Gasteiger partial charge in [0.25, 0.3) is 5.56 Å². The molecule has 3 rings (SSSR count). The van der Waals surface area contributed by atoms with Crippen molar-refractivity contribution in [3.05, 3.63) is 39.1 Å². The van der Waals surface area contributed by atoms with Crippen LogP contribution < -0.4 is 10.9 Å². The second-order valence-corrected chi connectivity index (χ2v) is 5.78. The summed E-state index contributed by atoms with van der Waals surface area (Å²) < 4.78 is 4.33. The van der Waals surface area contributed by atoms with Crippen molar-refractivity contribution in [2.75, 3.05) is 5.32 Å². The molecule has 0 radical (unpaired) electrons. The summed E-state index contributed by atoms with van der Waals surface area (Å²) in [5.74, 6) is 1.51. The van der Waals surface area contributed by atoms with Gasteiger partial charge in [0.2, 0.25) is 5.13 Å². The van der Waals surface area contributed by atoms with Crippen LogP contribution in [0.4, 0.5) is 5.13 Å². The average Bonchev–Trinajstić information content (AvgIpc) is 3.08. The van der Waals surface area contributed by atoms with Gasteiger partial charge in [0.05, 0.1) is 0 Å². The van der Waals surface area contributed by atoms with Gasteiger partial charge in [-0.15, -0.1) is 0 Å². The molecular weight excluding hydrogens is 260 g/mol. The standard InChI is InChI=1S/C13H16N4OS/c1-7-5-8(2)15-12(18)10(7)6-14-13-16-11(17-19-13)9-3-4-9/h5,9H,3-4,6H2,1-2H3,(H,15,18)(H,14,16,17). The second-order valence-electron chi connectivity index (χ2n) is 5.03. The van der Waals surface area contributed by atoms with Crippen LogP contribution in [0.1, 0.15) is 41.4 Å². The molecule has 6 heteroatoms. The van der Waals surface area contributed by atoms with Crippen LogP contribution >= 0.6 is 11.5 Å². The third-order valence-electron chi connectivity index (χ3n) is 3.29. The Balaban J connectivity index is 1.73. The Morgan fingerprint density at radius 2 is 2.26 bits per heavy atom. The minimum atomic E-state index is -0.0306. The maximum absolute atomic E-state index is 11.9. The Hall–Kier alpha value is -1.69. The first kappa shape index (κ1) is 12.3. The molecule has 2 N–H and O–H groups in total. The fourth-order valence-corrected chi connectivity index (χ4v) is 2.72. The van der Waals surface area contributed by atoms with E-state index in [1.54, 1.807) is 0 Å². The molecule has 1 aliphatic rings. The van der Waals surface area contributed by atoms with Crippen LogP contribution in [0.25, 0.3) is 0 Å². The maximum Gasteiger partial charge on any atom is 0.253 e. The van der Waals surface area contributed by atoms with Gasteiger partial charge in [-0.25, -0.2) is 4.98 Å². The van der Waals surface area contributed by atoms with Crippen molar-refractivity contribution in [3.63, 3.8) is 0 Å². The van der Waals surface area contributed by atoms with E-state index in [1.165, 1.54) is 24.4 Å². The number of hydrogen-bond donors (Lipinski definition) is 2. The van der Waals surface area contributed by atoms with Gasteiger partial charge < -0.3 is 10.3 Å². The van der Waals surface area contributed by atoms with Crippen LogP contribution in [-0.2, 0) is 6.54 Å². The molecule has 2 aromatic rings. The highest BCUT2D eigenvalue weighted by molar-refractivity contribution is 7.09. The van der Waals surface area contributed by atoms with E-state index >= 15 is 0 Å². The van der Waals surface area contributed by atoms with Crippen LogP contribution in [0.2, 0.25) is 0 Å². The first-order valence-electron chi connectivity index (χ1n) is 6.40. The molecule has 0 unspecified atom stereocenters. The molecule has 0 aromatic carbocycles.